The van der Waals surface area contributed by atoms with E-state index >= 15 is 0 Å². The van der Waals surface area contributed by atoms with E-state index in [-0.39, 0.29) is 19.0 Å². The molecule has 0 bridgehead atoms. The normalized spacial score (nSPS) is 10.0. The monoisotopic (exact) mass is 242 g/mol. The van der Waals surface area contributed by atoms with E-state index in [1.54, 1.807) is 18.3 Å². The minimum absolute atomic E-state index is 0.203. The van der Waals surface area contributed by atoms with Crippen LogP contribution in [0.25, 0.3) is 0 Å². The van der Waals surface area contributed by atoms with Crippen LogP contribution in [0.3, 0.4) is 0 Å². The van der Waals surface area contributed by atoms with Gasteiger partial charge in [0, 0.05) is 11.9 Å². The van der Waals surface area contributed by atoms with Crippen LogP contribution in [-0.4, -0.2) is 11.0 Å². The third kappa shape index (κ3) is 3.59. The van der Waals surface area contributed by atoms with Crippen LogP contribution in [0.2, 0.25) is 0 Å². The summed E-state index contributed by atoms with van der Waals surface area (Å²) in [7, 11) is 0. The predicted molar refractivity (Wildman–Crippen MR) is 68.6 cm³/mol. The van der Waals surface area contributed by atoms with Crippen molar-refractivity contribution < 1.29 is 9.53 Å². The van der Waals surface area contributed by atoms with Crippen molar-refractivity contribution in [1.29, 1.82) is 0 Å². The minimum atomic E-state index is -0.273. The zero-order valence-corrected chi connectivity index (χ0v) is 9.87. The summed E-state index contributed by atoms with van der Waals surface area (Å²) < 4.78 is 5.13. The van der Waals surface area contributed by atoms with Crippen molar-refractivity contribution in [2.24, 2.45) is 0 Å². The van der Waals surface area contributed by atoms with Gasteiger partial charge in [-0.05, 0) is 29.8 Å². The molecule has 2 N–H and O–H groups in total. The Morgan fingerprint density at radius 2 is 1.94 bits per heavy atom. The lowest BCUT2D eigenvalue weighted by molar-refractivity contribution is -0.144. The molecule has 2 aromatic rings. The van der Waals surface area contributed by atoms with Crippen LogP contribution < -0.4 is 5.73 Å². The number of ether oxygens (including phenoxy) is 1. The average Bonchev–Trinajstić information content (AvgIpc) is 2.40. The lowest BCUT2D eigenvalue weighted by Gasteiger charge is -2.04. The first-order valence-corrected chi connectivity index (χ1v) is 5.64. The lowest BCUT2D eigenvalue weighted by Crippen LogP contribution is -2.08. The number of rotatable bonds is 4. The SMILES string of the molecule is Nc1ccc(CC(=O)OCc2ccccn2)cc1. The van der Waals surface area contributed by atoms with E-state index in [2.05, 4.69) is 4.98 Å². The molecule has 18 heavy (non-hydrogen) atoms. The van der Waals surface area contributed by atoms with E-state index in [9.17, 15) is 4.79 Å². The summed E-state index contributed by atoms with van der Waals surface area (Å²) in [5.41, 5.74) is 7.87. The fourth-order valence-electron chi connectivity index (χ4n) is 1.49. The largest absolute Gasteiger partial charge is 0.459 e. The van der Waals surface area contributed by atoms with Gasteiger partial charge >= 0.3 is 5.97 Å². The maximum absolute atomic E-state index is 11.6. The minimum Gasteiger partial charge on any atom is -0.459 e. The number of aromatic nitrogens is 1. The molecule has 4 nitrogen and oxygen atoms in total. The fraction of sp³-hybridized carbons (Fsp3) is 0.143. The van der Waals surface area contributed by atoms with Crippen LogP contribution in [0, 0.1) is 0 Å². The number of pyridine rings is 1. The first kappa shape index (κ1) is 12.1. The van der Waals surface area contributed by atoms with E-state index in [4.69, 9.17) is 10.5 Å². The van der Waals surface area contributed by atoms with Crippen LogP contribution in [-0.2, 0) is 22.6 Å². The molecule has 1 aromatic carbocycles. The van der Waals surface area contributed by atoms with E-state index < -0.39 is 0 Å². The summed E-state index contributed by atoms with van der Waals surface area (Å²) in [6, 6.07) is 12.7. The second kappa shape index (κ2) is 5.82. The summed E-state index contributed by atoms with van der Waals surface area (Å²) in [5.74, 6) is -0.273. The Hall–Kier alpha value is -2.36. The Labute approximate surface area is 105 Å². The number of carbonyl (C=O) groups excluding carboxylic acids is 1. The van der Waals surface area contributed by atoms with Gasteiger partial charge in [-0.3, -0.25) is 9.78 Å². The van der Waals surface area contributed by atoms with Gasteiger partial charge in [0.05, 0.1) is 12.1 Å². The van der Waals surface area contributed by atoms with Gasteiger partial charge in [-0.25, -0.2) is 0 Å². The summed E-state index contributed by atoms with van der Waals surface area (Å²) in [6.07, 6.45) is 1.91. The maximum Gasteiger partial charge on any atom is 0.310 e. The van der Waals surface area contributed by atoms with E-state index in [1.807, 2.05) is 30.3 Å². The highest BCUT2D eigenvalue weighted by atomic mass is 16.5. The molecule has 0 aliphatic heterocycles. The van der Waals surface area contributed by atoms with Gasteiger partial charge in [0.1, 0.15) is 6.61 Å². The number of nitrogen functional groups attached to an aromatic ring is 1. The molecule has 0 saturated carbocycles. The summed E-state index contributed by atoms with van der Waals surface area (Å²) in [5, 5.41) is 0. The molecule has 0 atom stereocenters. The number of carbonyl (C=O) groups is 1. The first-order chi connectivity index (χ1) is 8.74. The second-order valence-electron chi connectivity index (χ2n) is 3.90. The summed E-state index contributed by atoms with van der Waals surface area (Å²) in [4.78, 5) is 15.7. The molecule has 1 heterocycles. The molecule has 0 saturated heterocycles. The number of esters is 1. The lowest BCUT2D eigenvalue weighted by atomic mass is 10.1. The molecule has 0 aliphatic carbocycles. The standard InChI is InChI=1S/C14H14N2O2/c15-12-6-4-11(5-7-12)9-14(17)18-10-13-3-1-2-8-16-13/h1-8H,9-10,15H2. The Kier molecular flexibility index (Phi) is 3.91. The zero-order chi connectivity index (χ0) is 12.8. The van der Waals surface area contributed by atoms with Crippen molar-refractivity contribution in [2.45, 2.75) is 13.0 Å². The molecular formula is C14H14N2O2. The van der Waals surface area contributed by atoms with Crippen LogP contribution in [0.1, 0.15) is 11.3 Å². The van der Waals surface area contributed by atoms with E-state index in [0.717, 1.165) is 11.3 Å². The number of benzene rings is 1. The highest BCUT2D eigenvalue weighted by Gasteiger charge is 2.05. The fourth-order valence-corrected chi connectivity index (χ4v) is 1.49. The highest BCUT2D eigenvalue weighted by molar-refractivity contribution is 5.72. The molecule has 0 amide bonds. The van der Waals surface area contributed by atoms with Gasteiger partial charge in [-0.2, -0.15) is 0 Å². The first-order valence-electron chi connectivity index (χ1n) is 5.64. The van der Waals surface area contributed by atoms with Gasteiger partial charge in [0.25, 0.3) is 0 Å². The molecular weight excluding hydrogens is 228 g/mol. The second-order valence-corrected chi connectivity index (χ2v) is 3.90. The number of hydrogen-bond acceptors (Lipinski definition) is 4. The van der Waals surface area contributed by atoms with Crippen LogP contribution in [0.4, 0.5) is 5.69 Å². The Morgan fingerprint density at radius 3 is 2.61 bits per heavy atom. The van der Waals surface area contributed by atoms with E-state index in [1.165, 1.54) is 0 Å². The quantitative estimate of drug-likeness (QED) is 0.657. The number of nitrogens with zero attached hydrogens (tertiary/aromatic N) is 1. The molecule has 0 aliphatic rings. The molecule has 0 spiro atoms. The number of hydrogen-bond donors (Lipinski definition) is 1. The van der Waals surface area contributed by atoms with E-state index in [0.29, 0.717) is 5.69 Å². The number of anilines is 1. The van der Waals surface area contributed by atoms with Crippen molar-refractivity contribution in [3.63, 3.8) is 0 Å². The van der Waals surface area contributed by atoms with Crippen molar-refractivity contribution in [3.8, 4) is 0 Å². The summed E-state index contributed by atoms with van der Waals surface area (Å²) >= 11 is 0. The molecule has 2 rings (SSSR count). The topological polar surface area (TPSA) is 65.2 Å². The van der Waals surface area contributed by atoms with Gasteiger partial charge in [0.15, 0.2) is 0 Å². The smallest absolute Gasteiger partial charge is 0.310 e. The number of nitrogens with two attached hydrogens (primary N) is 1. The molecule has 1 aromatic heterocycles. The van der Waals surface area contributed by atoms with Gasteiger partial charge in [-0.15, -0.1) is 0 Å². The van der Waals surface area contributed by atoms with Crippen molar-refractivity contribution in [3.05, 3.63) is 59.9 Å². The molecule has 0 unspecified atom stereocenters. The van der Waals surface area contributed by atoms with Crippen LogP contribution in [0.5, 0.6) is 0 Å². The third-order valence-corrected chi connectivity index (χ3v) is 2.44. The third-order valence-electron chi connectivity index (χ3n) is 2.44. The maximum atomic E-state index is 11.6. The predicted octanol–water partition coefficient (Wildman–Crippen LogP) is 1.95. The summed E-state index contributed by atoms with van der Waals surface area (Å²) in [6.45, 7) is 0.203. The van der Waals surface area contributed by atoms with Gasteiger partial charge in [-0.1, -0.05) is 18.2 Å². The Bertz CT molecular complexity index is 509. The molecule has 92 valence electrons. The van der Waals surface area contributed by atoms with Crippen LogP contribution in [0.15, 0.2) is 48.7 Å². The highest BCUT2D eigenvalue weighted by Crippen LogP contribution is 2.07. The van der Waals surface area contributed by atoms with Crippen molar-refractivity contribution in [2.75, 3.05) is 5.73 Å². The molecule has 0 radical (unpaired) electrons. The average molecular weight is 242 g/mol. The van der Waals surface area contributed by atoms with Crippen molar-refractivity contribution in [1.82, 2.24) is 4.98 Å². The Balaban J connectivity index is 1.84. The Morgan fingerprint density at radius 1 is 1.17 bits per heavy atom. The van der Waals surface area contributed by atoms with Crippen LogP contribution >= 0.6 is 0 Å². The molecule has 0 fully saturated rings. The van der Waals surface area contributed by atoms with Crippen molar-refractivity contribution >= 4 is 11.7 Å². The van der Waals surface area contributed by atoms with Gasteiger partial charge < -0.3 is 10.5 Å². The van der Waals surface area contributed by atoms with Gasteiger partial charge in [0.2, 0.25) is 0 Å². The zero-order valence-electron chi connectivity index (χ0n) is 9.87. The molecule has 4 heteroatoms.